The Kier molecular flexibility index (Phi) is 4.27. The molecule has 1 aromatic carbocycles. The zero-order valence-corrected chi connectivity index (χ0v) is 16.5. The number of aliphatic hydroxyl groups excluding tert-OH is 2. The normalized spacial score (nSPS) is 31.7. The quantitative estimate of drug-likeness (QED) is 0.203. The summed E-state index contributed by atoms with van der Waals surface area (Å²) in [5, 5.41) is 65.3. The molecular weight excluding hydrogens is 428 g/mol. The van der Waals surface area contributed by atoms with Gasteiger partial charge in [-0.3, -0.25) is 24.5 Å². The number of nitro groups is 1. The number of aliphatic hydroxyl groups is 4. The molecule has 0 aromatic heterocycles. The summed E-state index contributed by atoms with van der Waals surface area (Å²) in [6.45, 7) is 1.25. The molecule has 12 nitrogen and oxygen atoms in total. The van der Waals surface area contributed by atoms with E-state index in [-0.39, 0.29) is 12.0 Å². The van der Waals surface area contributed by atoms with Crippen LogP contribution in [0.15, 0.2) is 29.0 Å². The molecule has 12 heteroatoms. The number of benzene rings is 1. The molecular formula is C20H18N2O10. The maximum absolute atomic E-state index is 13.4. The highest BCUT2D eigenvalue weighted by atomic mass is 16.6. The summed E-state index contributed by atoms with van der Waals surface area (Å²) in [5.74, 6) is -9.23. The Morgan fingerprint density at radius 3 is 2.41 bits per heavy atom. The number of carbonyl (C=O) groups is 3. The van der Waals surface area contributed by atoms with E-state index in [1.165, 1.54) is 6.92 Å². The minimum atomic E-state index is -2.80. The molecule has 0 bridgehead atoms. The van der Waals surface area contributed by atoms with E-state index < -0.39 is 91.5 Å². The summed E-state index contributed by atoms with van der Waals surface area (Å²) < 4.78 is 0. The average Bonchev–Trinajstić information content (AvgIpc) is 2.68. The molecule has 3 aliphatic carbocycles. The van der Waals surface area contributed by atoms with Gasteiger partial charge in [-0.1, -0.05) is 0 Å². The van der Waals surface area contributed by atoms with Gasteiger partial charge in [0.05, 0.1) is 16.1 Å². The fourth-order valence-electron chi connectivity index (χ4n) is 5.05. The van der Waals surface area contributed by atoms with Crippen molar-refractivity contribution in [2.45, 2.75) is 31.0 Å². The lowest BCUT2D eigenvalue weighted by molar-refractivity contribution is -0.385. The number of amides is 1. The van der Waals surface area contributed by atoms with Gasteiger partial charge in [0.1, 0.15) is 17.1 Å². The first kappa shape index (κ1) is 21.5. The number of hydrogen-bond donors (Lipinski definition) is 6. The van der Waals surface area contributed by atoms with E-state index in [1.807, 2.05) is 0 Å². The fraction of sp³-hybridized carbons (Fsp3) is 0.350. The van der Waals surface area contributed by atoms with Gasteiger partial charge in [0, 0.05) is 29.9 Å². The molecule has 0 aliphatic heterocycles. The van der Waals surface area contributed by atoms with Gasteiger partial charge in [-0.05, 0) is 25.0 Å². The van der Waals surface area contributed by atoms with Crippen molar-refractivity contribution >= 4 is 28.9 Å². The summed E-state index contributed by atoms with van der Waals surface area (Å²) in [6.07, 6.45) is -0.822. The Bertz CT molecular complexity index is 1210. The van der Waals surface area contributed by atoms with E-state index in [0.717, 1.165) is 12.1 Å². The van der Waals surface area contributed by atoms with Gasteiger partial charge in [-0.25, -0.2) is 0 Å². The molecule has 7 N–H and O–H groups in total. The van der Waals surface area contributed by atoms with Gasteiger partial charge < -0.3 is 31.3 Å². The van der Waals surface area contributed by atoms with Crippen molar-refractivity contribution in [3.8, 4) is 5.75 Å². The molecule has 1 unspecified atom stereocenters. The van der Waals surface area contributed by atoms with Crippen LogP contribution in [-0.4, -0.2) is 53.5 Å². The molecule has 4 rings (SSSR count). The highest BCUT2D eigenvalue weighted by Crippen LogP contribution is 2.57. The maximum Gasteiger partial charge on any atom is 0.311 e. The number of phenolic OH excluding ortho intramolecular Hbond substituents is 1. The van der Waals surface area contributed by atoms with Crippen molar-refractivity contribution in [1.82, 2.24) is 0 Å². The van der Waals surface area contributed by atoms with Crippen LogP contribution in [0.1, 0.15) is 30.9 Å². The van der Waals surface area contributed by atoms with Crippen molar-refractivity contribution < 1.29 is 44.8 Å². The topological polar surface area (TPSA) is 222 Å². The molecule has 1 aromatic rings. The van der Waals surface area contributed by atoms with Crippen LogP contribution < -0.4 is 5.73 Å². The van der Waals surface area contributed by atoms with Crippen LogP contribution in [-0.2, 0) is 20.0 Å². The number of fused-ring (bicyclic) bond motifs is 3. The van der Waals surface area contributed by atoms with Crippen molar-refractivity contribution in [3.63, 3.8) is 0 Å². The summed E-state index contributed by atoms with van der Waals surface area (Å²) in [6, 6.07) is 2.06. The van der Waals surface area contributed by atoms with Crippen molar-refractivity contribution in [2.24, 2.45) is 17.6 Å². The zero-order valence-electron chi connectivity index (χ0n) is 16.5. The van der Waals surface area contributed by atoms with Crippen molar-refractivity contribution in [3.05, 3.63) is 50.3 Å². The van der Waals surface area contributed by atoms with E-state index in [0.29, 0.717) is 0 Å². The molecule has 1 fully saturated rings. The number of nitrogens with zero attached hydrogens (tertiary/aromatic N) is 1. The second-order valence-corrected chi connectivity index (χ2v) is 8.32. The molecule has 0 spiro atoms. The number of ketones is 2. The van der Waals surface area contributed by atoms with Gasteiger partial charge in [-0.2, -0.15) is 0 Å². The van der Waals surface area contributed by atoms with Crippen LogP contribution in [0.5, 0.6) is 5.75 Å². The second-order valence-electron chi connectivity index (χ2n) is 8.32. The third-order valence-electron chi connectivity index (χ3n) is 6.67. The van der Waals surface area contributed by atoms with E-state index in [4.69, 9.17) is 5.73 Å². The number of aromatic hydroxyl groups is 1. The Labute approximate surface area is 179 Å². The monoisotopic (exact) mass is 446 g/mol. The predicted molar refractivity (Wildman–Crippen MR) is 104 cm³/mol. The molecule has 0 saturated heterocycles. The predicted octanol–water partition coefficient (Wildman–Crippen LogP) is -0.00290. The van der Waals surface area contributed by atoms with Crippen LogP contribution in [0.25, 0.3) is 5.76 Å². The van der Waals surface area contributed by atoms with Gasteiger partial charge in [0.15, 0.2) is 11.4 Å². The molecule has 0 heterocycles. The lowest BCUT2D eigenvalue weighted by atomic mass is 9.56. The van der Waals surface area contributed by atoms with Gasteiger partial charge >= 0.3 is 5.69 Å². The van der Waals surface area contributed by atoms with Crippen LogP contribution in [0, 0.1) is 22.0 Å². The lowest BCUT2D eigenvalue weighted by Gasteiger charge is -2.50. The smallest absolute Gasteiger partial charge is 0.311 e. The van der Waals surface area contributed by atoms with Crippen LogP contribution >= 0.6 is 0 Å². The highest BCUT2D eigenvalue weighted by Gasteiger charge is 2.63. The SMILES string of the molecule is CC1(O)c2ccc([N+](=O)[O-])c(O)c2C(O)=C2C(=O)[C@]3(O)C(O)=C(C(N)=O)C(=O)C[C@@H]3C[C@@H]21. The van der Waals surface area contributed by atoms with Gasteiger partial charge in [0.2, 0.25) is 11.5 Å². The first-order valence-electron chi connectivity index (χ1n) is 9.46. The van der Waals surface area contributed by atoms with Crippen molar-refractivity contribution in [1.29, 1.82) is 0 Å². The van der Waals surface area contributed by atoms with Gasteiger partial charge in [-0.15, -0.1) is 0 Å². The zero-order chi connectivity index (χ0) is 23.9. The van der Waals surface area contributed by atoms with E-state index in [9.17, 15) is 50.0 Å². The number of hydrogen-bond acceptors (Lipinski definition) is 10. The minimum absolute atomic E-state index is 0.107. The largest absolute Gasteiger partial charge is 0.508 e. The molecule has 3 aliphatic rings. The Morgan fingerprint density at radius 2 is 1.84 bits per heavy atom. The molecule has 1 saturated carbocycles. The third kappa shape index (κ3) is 2.41. The second kappa shape index (κ2) is 6.37. The summed E-state index contributed by atoms with van der Waals surface area (Å²) in [5.41, 5.74) is -2.70. The Balaban J connectivity index is 2.02. The third-order valence-corrected chi connectivity index (χ3v) is 6.67. The Morgan fingerprint density at radius 1 is 1.22 bits per heavy atom. The number of primary amides is 1. The number of carbonyl (C=O) groups excluding carboxylic acids is 3. The average molecular weight is 446 g/mol. The highest BCUT2D eigenvalue weighted by molar-refractivity contribution is 6.22. The van der Waals surface area contributed by atoms with Gasteiger partial charge in [0.25, 0.3) is 5.91 Å². The molecule has 32 heavy (non-hydrogen) atoms. The molecule has 1 amide bonds. The number of Topliss-reactive ketones (excluding diaryl/α,β-unsaturated/α-hetero) is 2. The van der Waals surface area contributed by atoms with Crippen LogP contribution in [0.2, 0.25) is 0 Å². The summed E-state index contributed by atoms with van der Waals surface area (Å²) in [7, 11) is 0. The van der Waals surface area contributed by atoms with E-state index in [2.05, 4.69) is 0 Å². The van der Waals surface area contributed by atoms with Crippen molar-refractivity contribution in [2.75, 3.05) is 0 Å². The number of nitro benzene ring substituents is 1. The minimum Gasteiger partial charge on any atom is -0.508 e. The molecule has 0 radical (unpaired) electrons. The van der Waals surface area contributed by atoms with Crippen LogP contribution in [0.3, 0.4) is 0 Å². The molecule has 168 valence electrons. The number of nitrogens with two attached hydrogens (primary N) is 1. The summed E-state index contributed by atoms with van der Waals surface area (Å²) in [4.78, 5) is 47.6. The van der Waals surface area contributed by atoms with Crippen LogP contribution in [0.4, 0.5) is 5.69 Å². The summed E-state index contributed by atoms with van der Waals surface area (Å²) >= 11 is 0. The first-order valence-corrected chi connectivity index (χ1v) is 9.46. The van der Waals surface area contributed by atoms with E-state index in [1.54, 1.807) is 0 Å². The molecule has 4 atom stereocenters. The van der Waals surface area contributed by atoms with E-state index >= 15 is 0 Å². The first-order chi connectivity index (χ1) is 14.8. The lowest BCUT2D eigenvalue weighted by Crippen LogP contribution is -2.60. The number of rotatable bonds is 2. The maximum atomic E-state index is 13.4. The number of phenols is 1. The Hall–Kier alpha value is -3.77. The fourth-order valence-corrected chi connectivity index (χ4v) is 5.05. The standard InChI is InChI=1S/C20H18N2O10/c1-19(29)7-2-3-9(22(31)32)14(24)11(7)15(25)12-8(19)4-6-5-10(23)13(18(21)28)17(27)20(6,30)16(12)26/h2-3,6,8,24-25,27,29-30H,4-5H2,1H3,(H2,21,28)/t6-,8-,19?,20-/m0/s1.